The summed E-state index contributed by atoms with van der Waals surface area (Å²) in [5, 5.41) is 3.40. The lowest BCUT2D eigenvalue weighted by Crippen LogP contribution is -2.59. The van der Waals surface area contributed by atoms with Crippen LogP contribution in [0.2, 0.25) is 0 Å². The number of nitrogens with one attached hydrogen (secondary N) is 1. The van der Waals surface area contributed by atoms with Crippen molar-refractivity contribution in [2.75, 3.05) is 19.6 Å². The van der Waals surface area contributed by atoms with Crippen LogP contribution in [0.25, 0.3) is 0 Å². The molecule has 0 saturated carbocycles. The summed E-state index contributed by atoms with van der Waals surface area (Å²) in [5.41, 5.74) is -0.105. The fourth-order valence-corrected chi connectivity index (χ4v) is 3.07. The molecule has 2 aliphatic rings. The fourth-order valence-electron chi connectivity index (χ4n) is 3.07. The Morgan fingerprint density at radius 1 is 1.25 bits per heavy atom. The lowest BCUT2D eigenvalue weighted by molar-refractivity contribution is -0.153. The highest BCUT2D eigenvalue weighted by Gasteiger charge is 2.46. The predicted molar refractivity (Wildman–Crippen MR) is 65.2 cm³/mol. The van der Waals surface area contributed by atoms with E-state index in [1.54, 1.807) is 0 Å². The molecule has 2 saturated heterocycles. The van der Waals surface area contributed by atoms with E-state index in [1.165, 1.54) is 0 Å². The summed E-state index contributed by atoms with van der Waals surface area (Å²) < 4.78 is 0. The van der Waals surface area contributed by atoms with Crippen LogP contribution in [0.5, 0.6) is 0 Å². The van der Waals surface area contributed by atoms with Crippen LogP contribution in [-0.2, 0) is 4.79 Å². The Hall–Kier alpha value is -0.570. The zero-order valence-corrected chi connectivity index (χ0v) is 10.8. The van der Waals surface area contributed by atoms with Crippen molar-refractivity contribution in [2.45, 2.75) is 52.0 Å². The Balaban J connectivity index is 2.19. The number of hydrogen-bond acceptors (Lipinski definition) is 2. The molecule has 16 heavy (non-hydrogen) atoms. The van der Waals surface area contributed by atoms with Crippen molar-refractivity contribution in [3.8, 4) is 0 Å². The van der Waals surface area contributed by atoms with Crippen LogP contribution >= 0.6 is 0 Å². The number of carbonyl (C=O) groups excluding carboxylic acids is 1. The van der Waals surface area contributed by atoms with E-state index >= 15 is 0 Å². The maximum absolute atomic E-state index is 12.6. The zero-order valence-electron chi connectivity index (χ0n) is 10.8. The molecule has 1 unspecified atom stereocenters. The van der Waals surface area contributed by atoms with Crippen molar-refractivity contribution < 1.29 is 4.79 Å². The van der Waals surface area contributed by atoms with Crippen molar-refractivity contribution in [3.05, 3.63) is 0 Å². The maximum Gasteiger partial charge on any atom is 0.230 e. The molecule has 3 nitrogen and oxygen atoms in total. The van der Waals surface area contributed by atoms with Crippen LogP contribution in [-0.4, -0.2) is 36.0 Å². The third-order valence-corrected chi connectivity index (χ3v) is 4.02. The van der Waals surface area contributed by atoms with E-state index in [4.69, 9.17) is 0 Å². The van der Waals surface area contributed by atoms with E-state index in [-0.39, 0.29) is 11.0 Å². The molecule has 1 amide bonds. The second kappa shape index (κ2) is 4.02. The molecule has 0 aromatic rings. The molecular weight excluding hydrogens is 200 g/mol. The van der Waals surface area contributed by atoms with E-state index in [2.05, 4.69) is 31.0 Å². The molecule has 0 bridgehead atoms. The highest BCUT2D eigenvalue weighted by atomic mass is 16.2. The molecule has 0 aromatic heterocycles. The summed E-state index contributed by atoms with van der Waals surface area (Å²) in [4.78, 5) is 14.7. The molecule has 1 N–H and O–H groups in total. The molecule has 0 aliphatic carbocycles. The topological polar surface area (TPSA) is 32.3 Å². The third-order valence-electron chi connectivity index (χ3n) is 4.02. The van der Waals surface area contributed by atoms with Gasteiger partial charge < -0.3 is 10.2 Å². The van der Waals surface area contributed by atoms with E-state index in [0.717, 1.165) is 45.3 Å². The van der Waals surface area contributed by atoms with E-state index < -0.39 is 0 Å². The molecule has 2 aliphatic heterocycles. The zero-order chi connectivity index (χ0) is 11.8. The smallest absolute Gasteiger partial charge is 0.230 e. The molecule has 2 rings (SSSR count). The fraction of sp³-hybridized carbons (Fsp3) is 0.923. The van der Waals surface area contributed by atoms with Gasteiger partial charge in [0.1, 0.15) is 0 Å². The Morgan fingerprint density at radius 3 is 2.50 bits per heavy atom. The second-order valence-corrected chi connectivity index (χ2v) is 6.29. The van der Waals surface area contributed by atoms with E-state index in [0.29, 0.717) is 5.91 Å². The summed E-state index contributed by atoms with van der Waals surface area (Å²) in [7, 11) is 0. The lowest BCUT2D eigenvalue weighted by Gasteiger charge is -2.48. The van der Waals surface area contributed by atoms with Crippen molar-refractivity contribution in [3.63, 3.8) is 0 Å². The number of likely N-dealkylation sites (tertiary alicyclic amines) is 1. The van der Waals surface area contributed by atoms with Gasteiger partial charge in [0, 0.05) is 18.6 Å². The first-order valence-electron chi connectivity index (χ1n) is 6.49. The van der Waals surface area contributed by atoms with Gasteiger partial charge in [0.25, 0.3) is 0 Å². The van der Waals surface area contributed by atoms with Crippen LogP contribution in [0.3, 0.4) is 0 Å². The van der Waals surface area contributed by atoms with Crippen molar-refractivity contribution in [1.29, 1.82) is 0 Å². The van der Waals surface area contributed by atoms with E-state index in [9.17, 15) is 4.79 Å². The third kappa shape index (κ3) is 1.97. The average molecular weight is 224 g/mol. The highest BCUT2D eigenvalue weighted by molar-refractivity contribution is 5.84. The number of carbonyl (C=O) groups is 1. The predicted octanol–water partition coefficient (Wildman–Crippen LogP) is 1.78. The Bertz CT molecular complexity index is 269. The SMILES string of the molecule is CC(C)(C)N1CCCC2(CCCNC2)C1=O. The van der Waals surface area contributed by atoms with Gasteiger partial charge in [-0.15, -0.1) is 0 Å². The number of rotatable bonds is 0. The van der Waals surface area contributed by atoms with Crippen molar-refractivity contribution in [1.82, 2.24) is 10.2 Å². The van der Waals surface area contributed by atoms with Crippen LogP contribution in [0.4, 0.5) is 0 Å². The van der Waals surface area contributed by atoms with Gasteiger partial charge in [-0.25, -0.2) is 0 Å². The number of amides is 1. The lowest BCUT2D eigenvalue weighted by atomic mass is 9.72. The van der Waals surface area contributed by atoms with Crippen molar-refractivity contribution in [2.24, 2.45) is 5.41 Å². The molecule has 1 spiro atoms. The Kier molecular flexibility index (Phi) is 2.99. The van der Waals surface area contributed by atoms with Gasteiger partial charge in [0.15, 0.2) is 0 Å². The van der Waals surface area contributed by atoms with E-state index in [1.807, 2.05) is 0 Å². The second-order valence-electron chi connectivity index (χ2n) is 6.29. The van der Waals surface area contributed by atoms with Crippen LogP contribution in [0.1, 0.15) is 46.5 Å². The number of hydrogen-bond donors (Lipinski definition) is 1. The van der Waals surface area contributed by atoms with Gasteiger partial charge in [-0.05, 0) is 53.0 Å². The van der Waals surface area contributed by atoms with Gasteiger partial charge in [0.05, 0.1) is 5.41 Å². The summed E-state index contributed by atoms with van der Waals surface area (Å²) in [6, 6.07) is 0. The van der Waals surface area contributed by atoms with Gasteiger partial charge in [-0.2, -0.15) is 0 Å². The maximum atomic E-state index is 12.6. The summed E-state index contributed by atoms with van der Waals surface area (Å²) >= 11 is 0. The normalized spacial score (nSPS) is 32.2. The quantitative estimate of drug-likeness (QED) is 0.680. The first-order chi connectivity index (χ1) is 7.46. The number of nitrogens with zero attached hydrogens (tertiary/aromatic N) is 1. The molecular formula is C13H24N2O. The highest BCUT2D eigenvalue weighted by Crippen LogP contribution is 2.39. The van der Waals surface area contributed by atoms with Gasteiger partial charge in [-0.1, -0.05) is 0 Å². The molecule has 2 fully saturated rings. The largest absolute Gasteiger partial charge is 0.337 e. The minimum Gasteiger partial charge on any atom is -0.337 e. The standard InChI is InChI=1S/C13H24N2O/c1-12(2,3)15-9-5-7-13(11(15)16)6-4-8-14-10-13/h14H,4-10H2,1-3H3. The summed E-state index contributed by atoms with van der Waals surface area (Å²) in [6.45, 7) is 9.31. The van der Waals surface area contributed by atoms with Crippen LogP contribution in [0.15, 0.2) is 0 Å². The Labute approximate surface area is 98.6 Å². The molecule has 3 heteroatoms. The molecule has 2 heterocycles. The average Bonchev–Trinajstić information content (AvgIpc) is 2.22. The minimum atomic E-state index is -0.0796. The van der Waals surface area contributed by atoms with Crippen LogP contribution < -0.4 is 5.32 Å². The minimum absolute atomic E-state index is 0.0258. The van der Waals surface area contributed by atoms with Crippen LogP contribution in [0, 0.1) is 5.41 Å². The van der Waals surface area contributed by atoms with Gasteiger partial charge in [0.2, 0.25) is 5.91 Å². The first-order valence-corrected chi connectivity index (χ1v) is 6.49. The number of piperidine rings is 2. The first kappa shape index (κ1) is 11.9. The van der Waals surface area contributed by atoms with Crippen molar-refractivity contribution >= 4 is 5.91 Å². The monoisotopic (exact) mass is 224 g/mol. The molecule has 0 radical (unpaired) electrons. The molecule has 92 valence electrons. The Morgan fingerprint density at radius 2 is 1.94 bits per heavy atom. The van der Waals surface area contributed by atoms with Gasteiger partial charge >= 0.3 is 0 Å². The molecule has 1 atom stereocenters. The molecule has 0 aromatic carbocycles. The van der Waals surface area contributed by atoms with Gasteiger partial charge in [-0.3, -0.25) is 4.79 Å². The summed E-state index contributed by atoms with van der Waals surface area (Å²) in [5.74, 6) is 0.387. The summed E-state index contributed by atoms with van der Waals surface area (Å²) in [6.07, 6.45) is 4.45.